The molecule has 218 valence electrons. The van der Waals surface area contributed by atoms with Crippen LogP contribution in [0.15, 0.2) is 11.6 Å². The Labute approximate surface area is 230 Å². The Kier molecular flexibility index (Phi) is 13.0. The highest BCUT2D eigenvalue weighted by Crippen LogP contribution is 2.21. The van der Waals surface area contributed by atoms with Gasteiger partial charge >= 0.3 is 5.97 Å². The summed E-state index contributed by atoms with van der Waals surface area (Å²) < 4.78 is 5.24. The molecule has 0 aromatic heterocycles. The number of carbonyl (C=O) groups is 4. The van der Waals surface area contributed by atoms with Crippen LogP contribution in [-0.2, 0) is 23.9 Å². The molecule has 0 aromatic rings. The summed E-state index contributed by atoms with van der Waals surface area (Å²) in [5.41, 5.74) is -0.239. The Morgan fingerprint density at radius 2 is 1.63 bits per heavy atom. The van der Waals surface area contributed by atoms with Gasteiger partial charge < -0.3 is 20.3 Å². The van der Waals surface area contributed by atoms with Gasteiger partial charge in [-0.25, -0.2) is 0 Å². The third-order valence-corrected chi connectivity index (χ3v) is 6.81. The molecule has 1 fully saturated rings. The number of hydrogen-bond donors (Lipinski definition) is 2. The van der Waals surface area contributed by atoms with Crippen molar-refractivity contribution in [3.63, 3.8) is 0 Å². The van der Waals surface area contributed by atoms with Crippen LogP contribution in [0.5, 0.6) is 0 Å². The molecule has 0 bridgehead atoms. The number of piperidine rings is 1. The molecule has 0 aliphatic carbocycles. The number of amides is 3. The first-order chi connectivity index (χ1) is 17.5. The number of nitrogens with zero attached hydrogens (tertiary/aromatic N) is 2. The van der Waals surface area contributed by atoms with Crippen LogP contribution in [0.25, 0.3) is 0 Å². The molecule has 3 amide bonds. The maximum Gasteiger partial charge on any atom is 0.325 e. The lowest BCUT2D eigenvalue weighted by Crippen LogP contribution is -2.58. The standard InChI is InChI=1S/C29H52N4O5/c1-18(2)23(16-21(7)26(35)30-17-24(34)38-29(8,9)10)32(11)28(37)25(19(3)4)31-27(36)22-14-12-13-15-33(22)20(5)6/h16,18-20,22-23,25H,12-15,17H2,1-11H3,(H,30,35)(H,31,36)/b21-16+/t22?,23-,25+/m1/s1. The van der Waals surface area contributed by atoms with Crippen LogP contribution in [-0.4, -0.2) is 83.4 Å². The second kappa shape index (κ2) is 14.7. The molecule has 1 unspecified atom stereocenters. The van der Waals surface area contributed by atoms with E-state index in [0.717, 1.165) is 25.8 Å². The molecule has 1 saturated heterocycles. The van der Waals surface area contributed by atoms with E-state index in [9.17, 15) is 19.2 Å². The molecule has 1 rings (SSSR count). The van der Waals surface area contributed by atoms with Crippen molar-refractivity contribution in [3.8, 4) is 0 Å². The first-order valence-corrected chi connectivity index (χ1v) is 14.0. The Morgan fingerprint density at radius 1 is 1.03 bits per heavy atom. The summed E-state index contributed by atoms with van der Waals surface area (Å²) in [5.74, 6) is -1.32. The van der Waals surface area contributed by atoms with Gasteiger partial charge in [0.15, 0.2) is 0 Å². The quantitative estimate of drug-likeness (QED) is 0.310. The smallest absolute Gasteiger partial charge is 0.325 e. The molecule has 0 saturated carbocycles. The molecular formula is C29H52N4O5. The van der Waals surface area contributed by atoms with E-state index in [1.807, 2.05) is 27.7 Å². The van der Waals surface area contributed by atoms with Gasteiger partial charge in [-0.1, -0.05) is 40.2 Å². The van der Waals surface area contributed by atoms with Crippen LogP contribution in [0.3, 0.4) is 0 Å². The van der Waals surface area contributed by atoms with Gasteiger partial charge in [0.1, 0.15) is 18.2 Å². The highest BCUT2D eigenvalue weighted by molar-refractivity contribution is 5.95. The zero-order valence-electron chi connectivity index (χ0n) is 25.5. The highest BCUT2D eigenvalue weighted by Gasteiger charge is 2.36. The SMILES string of the molecule is C/C(=C\[C@H](C(C)C)N(C)C(=O)[C@@H](NC(=O)C1CCCCN1C(C)C)C(C)C)C(=O)NCC(=O)OC(C)(C)C. The number of esters is 1. The van der Waals surface area contributed by atoms with E-state index in [0.29, 0.717) is 5.57 Å². The highest BCUT2D eigenvalue weighted by atomic mass is 16.6. The molecule has 3 atom stereocenters. The van der Waals surface area contributed by atoms with Crippen molar-refractivity contribution in [1.29, 1.82) is 0 Å². The fraction of sp³-hybridized carbons (Fsp3) is 0.793. The molecule has 0 radical (unpaired) electrons. The predicted molar refractivity (Wildman–Crippen MR) is 150 cm³/mol. The van der Waals surface area contributed by atoms with Crippen LogP contribution < -0.4 is 10.6 Å². The number of carbonyl (C=O) groups excluding carboxylic acids is 4. The van der Waals surface area contributed by atoms with Crippen LogP contribution in [0, 0.1) is 11.8 Å². The van der Waals surface area contributed by atoms with E-state index in [4.69, 9.17) is 4.74 Å². The van der Waals surface area contributed by atoms with Gasteiger partial charge in [0.05, 0.1) is 12.1 Å². The van der Waals surface area contributed by atoms with Crippen molar-refractivity contribution in [2.75, 3.05) is 20.1 Å². The van der Waals surface area contributed by atoms with Crippen molar-refractivity contribution in [2.45, 2.75) is 118 Å². The second-order valence-corrected chi connectivity index (χ2v) is 12.4. The molecule has 1 aliphatic heterocycles. The van der Waals surface area contributed by atoms with Crippen LogP contribution >= 0.6 is 0 Å². The average Bonchev–Trinajstić information content (AvgIpc) is 2.81. The van der Waals surface area contributed by atoms with Crippen LogP contribution in [0.4, 0.5) is 0 Å². The number of likely N-dealkylation sites (N-methyl/N-ethyl adjacent to an activating group) is 1. The molecule has 9 heteroatoms. The average molecular weight is 537 g/mol. The van der Waals surface area contributed by atoms with Crippen molar-refractivity contribution < 1.29 is 23.9 Å². The zero-order valence-corrected chi connectivity index (χ0v) is 25.5. The topological polar surface area (TPSA) is 108 Å². The molecule has 38 heavy (non-hydrogen) atoms. The van der Waals surface area contributed by atoms with E-state index >= 15 is 0 Å². The normalized spacial score (nSPS) is 18.8. The van der Waals surface area contributed by atoms with Gasteiger partial charge in [0.2, 0.25) is 17.7 Å². The first kappa shape index (κ1) is 33.6. The van der Waals surface area contributed by atoms with Gasteiger partial charge in [-0.15, -0.1) is 0 Å². The monoisotopic (exact) mass is 536 g/mol. The summed E-state index contributed by atoms with van der Waals surface area (Å²) in [5, 5.41) is 5.64. The molecule has 0 spiro atoms. The second-order valence-electron chi connectivity index (χ2n) is 12.4. The number of ether oxygens (including phenoxy) is 1. The van der Waals surface area contributed by atoms with E-state index in [1.54, 1.807) is 45.7 Å². The maximum absolute atomic E-state index is 13.7. The van der Waals surface area contributed by atoms with E-state index in [-0.39, 0.29) is 48.3 Å². The fourth-order valence-electron chi connectivity index (χ4n) is 4.74. The first-order valence-electron chi connectivity index (χ1n) is 14.0. The Morgan fingerprint density at radius 3 is 2.13 bits per heavy atom. The number of nitrogens with one attached hydrogen (secondary N) is 2. The van der Waals surface area contributed by atoms with Crippen molar-refractivity contribution in [2.24, 2.45) is 11.8 Å². The van der Waals surface area contributed by atoms with Crippen molar-refractivity contribution >= 4 is 23.7 Å². The van der Waals surface area contributed by atoms with Crippen molar-refractivity contribution in [3.05, 3.63) is 11.6 Å². The molecule has 1 aliphatic rings. The third-order valence-electron chi connectivity index (χ3n) is 6.81. The lowest BCUT2D eigenvalue weighted by atomic mass is 9.95. The van der Waals surface area contributed by atoms with Crippen LogP contribution in [0.1, 0.15) is 88.5 Å². The van der Waals surface area contributed by atoms with Crippen molar-refractivity contribution in [1.82, 2.24) is 20.4 Å². The van der Waals surface area contributed by atoms with E-state index in [1.165, 1.54) is 0 Å². The minimum atomic E-state index is -0.681. The van der Waals surface area contributed by atoms with Gasteiger partial charge in [-0.3, -0.25) is 24.1 Å². The molecule has 1 heterocycles. The largest absolute Gasteiger partial charge is 0.459 e. The summed E-state index contributed by atoms with van der Waals surface area (Å²) in [6.07, 6.45) is 4.60. The number of likely N-dealkylation sites (tertiary alicyclic amines) is 1. The minimum Gasteiger partial charge on any atom is -0.459 e. The van der Waals surface area contributed by atoms with E-state index in [2.05, 4.69) is 29.4 Å². The number of rotatable bonds is 11. The lowest BCUT2D eigenvalue weighted by molar-refractivity contribution is -0.154. The minimum absolute atomic E-state index is 0.0100. The van der Waals surface area contributed by atoms with Gasteiger partial charge in [-0.2, -0.15) is 0 Å². The molecule has 2 N–H and O–H groups in total. The maximum atomic E-state index is 13.7. The van der Waals surface area contributed by atoms with Gasteiger partial charge in [-0.05, 0) is 72.8 Å². The van der Waals surface area contributed by atoms with Crippen LogP contribution in [0.2, 0.25) is 0 Å². The summed E-state index contributed by atoms with van der Waals surface area (Å²) in [7, 11) is 1.71. The fourth-order valence-corrected chi connectivity index (χ4v) is 4.74. The van der Waals surface area contributed by atoms with Gasteiger partial charge in [0.25, 0.3) is 0 Å². The Balaban J connectivity index is 2.99. The molecular weight excluding hydrogens is 484 g/mol. The Bertz CT molecular complexity index is 860. The molecule has 9 nitrogen and oxygen atoms in total. The summed E-state index contributed by atoms with van der Waals surface area (Å²) in [4.78, 5) is 55.4. The summed E-state index contributed by atoms with van der Waals surface area (Å²) in [6, 6.07) is -1.05. The number of hydrogen-bond acceptors (Lipinski definition) is 6. The summed E-state index contributed by atoms with van der Waals surface area (Å²) >= 11 is 0. The molecule has 0 aromatic carbocycles. The Hall–Kier alpha value is -2.42. The zero-order chi connectivity index (χ0) is 29.4. The van der Waals surface area contributed by atoms with E-state index < -0.39 is 23.5 Å². The van der Waals surface area contributed by atoms with Gasteiger partial charge in [0, 0.05) is 18.7 Å². The predicted octanol–water partition coefficient (Wildman–Crippen LogP) is 3.28. The summed E-state index contributed by atoms with van der Waals surface area (Å²) in [6.45, 7) is 19.6. The lowest BCUT2D eigenvalue weighted by Gasteiger charge is -2.39. The third kappa shape index (κ3) is 10.4.